The van der Waals surface area contributed by atoms with Crippen molar-refractivity contribution in [3.05, 3.63) is 65.7 Å². The van der Waals surface area contributed by atoms with Crippen molar-refractivity contribution in [1.29, 1.82) is 0 Å². The molecule has 5 nitrogen and oxygen atoms in total. The molecule has 1 atom stereocenters. The predicted octanol–water partition coefficient (Wildman–Crippen LogP) is 2.23. The molecule has 0 heterocycles. The molecular weight excluding hydrogens is 304 g/mol. The SMILES string of the molecule is COc1ccc(CCNC(=O)C(=O)N[C@@H](C)c2ccccc2)cc1. The van der Waals surface area contributed by atoms with Crippen molar-refractivity contribution in [1.82, 2.24) is 10.6 Å². The maximum absolute atomic E-state index is 11.9. The minimum absolute atomic E-state index is 0.217. The van der Waals surface area contributed by atoms with Gasteiger partial charge in [-0.1, -0.05) is 42.5 Å². The molecule has 0 aliphatic carbocycles. The Bertz CT molecular complexity index is 669. The highest BCUT2D eigenvalue weighted by Crippen LogP contribution is 2.12. The highest BCUT2D eigenvalue weighted by molar-refractivity contribution is 6.35. The summed E-state index contributed by atoms with van der Waals surface area (Å²) in [7, 11) is 1.62. The summed E-state index contributed by atoms with van der Waals surface area (Å²) in [4.78, 5) is 23.8. The molecule has 2 rings (SSSR count). The highest BCUT2D eigenvalue weighted by atomic mass is 16.5. The van der Waals surface area contributed by atoms with Crippen LogP contribution in [0.5, 0.6) is 5.75 Å². The summed E-state index contributed by atoms with van der Waals surface area (Å²) in [5.41, 5.74) is 2.02. The van der Waals surface area contributed by atoms with Gasteiger partial charge in [0.05, 0.1) is 13.2 Å². The van der Waals surface area contributed by atoms with Crippen molar-refractivity contribution < 1.29 is 14.3 Å². The number of methoxy groups -OCH3 is 1. The second kappa shape index (κ2) is 8.72. The molecule has 0 unspecified atom stereocenters. The van der Waals surface area contributed by atoms with E-state index in [2.05, 4.69) is 10.6 Å². The topological polar surface area (TPSA) is 67.4 Å². The molecule has 24 heavy (non-hydrogen) atoms. The first-order chi connectivity index (χ1) is 11.6. The standard InChI is InChI=1S/C19H22N2O3/c1-14(16-6-4-3-5-7-16)21-19(23)18(22)20-13-12-15-8-10-17(24-2)11-9-15/h3-11,14H,12-13H2,1-2H3,(H,20,22)(H,21,23)/t14-/m0/s1. The highest BCUT2D eigenvalue weighted by Gasteiger charge is 2.16. The lowest BCUT2D eigenvalue weighted by Gasteiger charge is -2.14. The zero-order valence-electron chi connectivity index (χ0n) is 13.9. The average Bonchev–Trinajstić information content (AvgIpc) is 2.62. The number of ether oxygens (including phenoxy) is 1. The number of carbonyl (C=O) groups excluding carboxylic acids is 2. The van der Waals surface area contributed by atoms with Gasteiger partial charge in [0.15, 0.2) is 0 Å². The molecule has 0 aliphatic heterocycles. The monoisotopic (exact) mass is 326 g/mol. The summed E-state index contributed by atoms with van der Waals surface area (Å²) in [6.45, 7) is 2.25. The van der Waals surface area contributed by atoms with E-state index in [0.29, 0.717) is 13.0 Å². The van der Waals surface area contributed by atoms with E-state index < -0.39 is 11.8 Å². The van der Waals surface area contributed by atoms with E-state index >= 15 is 0 Å². The largest absolute Gasteiger partial charge is 0.497 e. The van der Waals surface area contributed by atoms with Gasteiger partial charge in [-0.3, -0.25) is 9.59 Å². The molecule has 0 radical (unpaired) electrons. The van der Waals surface area contributed by atoms with Crippen LogP contribution in [0.2, 0.25) is 0 Å². The lowest BCUT2D eigenvalue weighted by Crippen LogP contribution is -2.41. The van der Waals surface area contributed by atoms with E-state index in [9.17, 15) is 9.59 Å². The first-order valence-corrected chi connectivity index (χ1v) is 7.86. The summed E-state index contributed by atoms with van der Waals surface area (Å²) >= 11 is 0. The molecule has 0 saturated heterocycles. The minimum Gasteiger partial charge on any atom is -0.497 e. The Morgan fingerprint density at radius 2 is 1.67 bits per heavy atom. The smallest absolute Gasteiger partial charge is 0.309 e. The molecular formula is C19H22N2O3. The fourth-order valence-electron chi connectivity index (χ4n) is 2.28. The fraction of sp³-hybridized carbons (Fsp3) is 0.263. The van der Waals surface area contributed by atoms with Crippen LogP contribution < -0.4 is 15.4 Å². The average molecular weight is 326 g/mol. The zero-order valence-corrected chi connectivity index (χ0v) is 13.9. The quantitative estimate of drug-likeness (QED) is 0.800. The van der Waals surface area contributed by atoms with Crippen LogP contribution in [0.4, 0.5) is 0 Å². The molecule has 2 aromatic carbocycles. The summed E-state index contributed by atoms with van der Waals surface area (Å²) in [5.74, 6) is -0.454. The molecule has 0 spiro atoms. The molecule has 2 aromatic rings. The van der Waals surface area contributed by atoms with Gasteiger partial charge in [-0.05, 0) is 36.6 Å². The van der Waals surface area contributed by atoms with E-state index in [4.69, 9.17) is 4.74 Å². The lowest BCUT2D eigenvalue weighted by atomic mass is 10.1. The van der Waals surface area contributed by atoms with E-state index in [1.54, 1.807) is 7.11 Å². The van der Waals surface area contributed by atoms with Crippen LogP contribution in [0.15, 0.2) is 54.6 Å². The third-order valence-electron chi connectivity index (χ3n) is 3.71. The van der Waals surface area contributed by atoms with Crippen LogP contribution >= 0.6 is 0 Å². The maximum Gasteiger partial charge on any atom is 0.309 e. The lowest BCUT2D eigenvalue weighted by molar-refractivity contribution is -0.139. The van der Waals surface area contributed by atoms with E-state index in [1.165, 1.54) is 0 Å². The van der Waals surface area contributed by atoms with Crippen molar-refractivity contribution in [2.24, 2.45) is 0 Å². The van der Waals surface area contributed by atoms with Gasteiger partial charge in [-0.15, -0.1) is 0 Å². The number of nitrogens with one attached hydrogen (secondary N) is 2. The number of rotatable bonds is 6. The third-order valence-corrected chi connectivity index (χ3v) is 3.71. The summed E-state index contributed by atoms with van der Waals surface area (Å²) in [6, 6.07) is 16.9. The second-order valence-electron chi connectivity index (χ2n) is 5.46. The van der Waals surface area contributed by atoms with Crippen LogP contribution in [-0.2, 0) is 16.0 Å². The molecule has 0 aromatic heterocycles. The molecule has 2 amide bonds. The van der Waals surface area contributed by atoms with E-state index in [0.717, 1.165) is 16.9 Å². The van der Waals surface area contributed by atoms with Crippen molar-refractivity contribution in [3.63, 3.8) is 0 Å². The maximum atomic E-state index is 11.9. The number of benzene rings is 2. The first-order valence-electron chi connectivity index (χ1n) is 7.86. The van der Waals surface area contributed by atoms with Gasteiger partial charge in [-0.2, -0.15) is 0 Å². The minimum atomic E-state index is -0.624. The third kappa shape index (κ3) is 5.12. The van der Waals surface area contributed by atoms with Crippen molar-refractivity contribution in [2.75, 3.05) is 13.7 Å². The molecule has 0 bridgehead atoms. The van der Waals surface area contributed by atoms with Gasteiger partial charge < -0.3 is 15.4 Å². The van der Waals surface area contributed by atoms with Crippen LogP contribution in [0, 0.1) is 0 Å². The number of hydrogen-bond acceptors (Lipinski definition) is 3. The van der Waals surface area contributed by atoms with Crippen molar-refractivity contribution in [2.45, 2.75) is 19.4 Å². The number of carbonyl (C=O) groups is 2. The van der Waals surface area contributed by atoms with E-state index in [1.807, 2.05) is 61.5 Å². The zero-order chi connectivity index (χ0) is 17.4. The Labute approximate surface area is 142 Å². The molecule has 0 fully saturated rings. The van der Waals surface area contributed by atoms with Gasteiger partial charge in [0.25, 0.3) is 0 Å². The van der Waals surface area contributed by atoms with E-state index in [-0.39, 0.29) is 6.04 Å². The molecule has 0 saturated carbocycles. The fourth-order valence-corrected chi connectivity index (χ4v) is 2.28. The number of hydrogen-bond donors (Lipinski definition) is 2. The van der Waals surface area contributed by atoms with Crippen LogP contribution in [0.1, 0.15) is 24.1 Å². The normalized spacial score (nSPS) is 11.4. The molecule has 126 valence electrons. The Morgan fingerprint density at radius 3 is 2.29 bits per heavy atom. The molecule has 0 aliphatic rings. The summed E-state index contributed by atoms with van der Waals surface area (Å²) < 4.78 is 5.09. The Hall–Kier alpha value is -2.82. The summed E-state index contributed by atoms with van der Waals surface area (Å²) in [6.07, 6.45) is 0.650. The molecule has 5 heteroatoms. The first kappa shape index (κ1) is 17.5. The van der Waals surface area contributed by atoms with Gasteiger partial charge in [0.1, 0.15) is 5.75 Å². The van der Waals surface area contributed by atoms with Crippen LogP contribution in [0.25, 0.3) is 0 Å². The number of amides is 2. The molecule has 2 N–H and O–H groups in total. The van der Waals surface area contributed by atoms with Gasteiger partial charge in [-0.25, -0.2) is 0 Å². The Balaban J connectivity index is 1.76. The summed E-state index contributed by atoms with van der Waals surface area (Å²) in [5, 5.41) is 5.33. The Kier molecular flexibility index (Phi) is 6.37. The van der Waals surface area contributed by atoms with Gasteiger partial charge in [0.2, 0.25) is 0 Å². The Morgan fingerprint density at radius 1 is 1.00 bits per heavy atom. The van der Waals surface area contributed by atoms with Gasteiger partial charge in [0, 0.05) is 6.54 Å². The van der Waals surface area contributed by atoms with Crippen LogP contribution in [-0.4, -0.2) is 25.5 Å². The van der Waals surface area contributed by atoms with Crippen LogP contribution in [0.3, 0.4) is 0 Å². The predicted molar refractivity (Wildman–Crippen MR) is 92.7 cm³/mol. The van der Waals surface area contributed by atoms with Gasteiger partial charge >= 0.3 is 11.8 Å². The van der Waals surface area contributed by atoms with Crippen molar-refractivity contribution >= 4 is 11.8 Å². The second-order valence-corrected chi connectivity index (χ2v) is 5.46. The van der Waals surface area contributed by atoms with Crippen molar-refractivity contribution in [3.8, 4) is 5.75 Å².